The number of rotatable bonds is 4. The van der Waals surface area contributed by atoms with Gasteiger partial charge in [0.2, 0.25) is 0 Å². The van der Waals surface area contributed by atoms with Gasteiger partial charge in [0.1, 0.15) is 0 Å². The van der Waals surface area contributed by atoms with E-state index in [0.29, 0.717) is 12.1 Å². The highest BCUT2D eigenvalue weighted by Gasteiger charge is 2.41. The van der Waals surface area contributed by atoms with Crippen LogP contribution >= 0.6 is 0 Å². The number of imidazole rings is 1. The Morgan fingerprint density at radius 1 is 1.34 bits per heavy atom. The number of hydrogen-bond acceptors (Lipinski definition) is 4. The van der Waals surface area contributed by atoms with E-state index >= 15 is 0 Å². The van der Waals surface area contributed by atoms with E-state index in [2.05, 4.69) is 18.8 Å². The number of nitrogens with zero attached hydrogens (tertiary/aromatic N) is 4. The van der Waals surface area contributed by atoms with E-state index < -0.39 is 11.7 Å². The molecule has 0 saturated carbocycles. The fourth-order valence-corrected chi connectivity index (χ4v) is 3.95. The average Bonchev–Trinajstić information content (AvgIpc) is 3.19. The van der Waals surface area contributed by atoms with Crippen LogP contribution in [0.4, 0.5) is 18.9 Å². The highest BCUT2D eigenvalue weighted by molar-refractivity contribution is 5.60. The Morgan fingerprint density at radius 3 is 2.62 bits per heavy atom. The average molecular weight is 404 g/mol. The molecular formula is C21H23F3N4O. The highest BCUT2D eigenvalue weighted by atomic mass is 19.4. The zero-order chi connectivity index (χ0) is 21.4. The quantitative estimate of drug-likeness (QED) is 0.749. The van der Waals surface area contributed by atoms with Gasteiger partial charge >= 0.3 is 6.18 Å². The molecule has 0 aliphatic heterocycles. The van der Waals surface area contributed by atoms with E-state index in [1.54, 1.807) is 38.8 Å². The number of ether oxygens (including phenoxy) is 1. The maximum Gasteiger partial charge on any atom is 0.417 e. The van der Waals surface area contributed by atoms with Gasteiger partial charge in [0.25, 0.3) is 0 Å². The van der Waals surface area contributed by atoms with Crippen molar-refractivity contribution in [2.45, 2.75) is 38.6 Å². The Hall–Kier alpha value is -2.79. The van der Waals surface area contributed by atoms with Crippen molar-refractivity contribution in [2.75, 3.05) is 19.1 Å². The van der Waals surface area contributed by atoms with Crippen molar-refractivity contribution < 1.29 is 17.9 Å². The summed E-state index contributed by atoms with van der Waals surface area (Å²) in [5.41, 5.74) is -0.290. The number of methoxy groups -OCH3 is 1. The third kappa shape index (κ3) is 4.01. The van der Waals surface area contributed by atoms with Gasteiger partial charge in [-0.2, -0.15) is 18.4 Å². The minimum Gasteiger partial charge on any atom is -0.375 e. The first kappa shape index (κ1) is 20.9. The molecule has 5 nitrogen and oxygen atoms in total. The van der Waals surface area contributed by atoms with Gasteiger partial charge in [-0.15, -0.1) is 0 Å². The molecule has 2 atom stereocenters. The predicted octanol–water partition coefficient (Wildman–Crippen LogP) is 4.56. The number of likely N-dealkylation sites (N-methyl/N-ethyl adjacent to an activating group) is 1. The zero-order valence-corrected chi connectivity index (χ0v) is 16.7. The van der Waals surface area contributed by atoms with E-state index in [-0.39, 0.29) is 23.1 Å². The third-order valence-corrected chi connectivity index (χ3v) is 5.51. The summed E-state index contributed by atoms with van der Waals surface area (Å²) < 4.78 is 47.8. The Morgan fingerprint density at radius 2 is 2.07 bits per heavy atom. The van der Waals surface area contributed by atoms with Gasteiger partial charge in [-0.25, -0.2) is 4.98 Å². The lowest BCUT2D eigenvalue weighted by Gasteiger charge is -2.45. The molecule has 0 bridgehead atoms. The first-order chi connectivity index (χ1) is 13.6. The first-order valence-electron chi connectivity index (χ1n) is 9.15. The second kappa shape index (κ2) is 7.56. The second-order valence-corrected chi connectivity index (χ2v) is 7.87. The molecule has 0 saturated heterocycles. The smallest absolute Gasteiger partial charge is 0.375 e. The second-order valence-electron chi connectivity index (χ2n) is 7.87. The third-order valence-electron chi connectivity index (χ3n) is 5.51. The number of benzene rings is 1. The standard InChI is InChI=1S/C21H23F3N4O/c1-20(2)11-18(29-4)17(28-8-7-26-13-28)10-19(20)27(3)15-6-5-14(12-25)16(9-15)21(22,23)24/h5-10,13,18-19H,11H2,1-4H3/t18-,19-/m0/s1. The summed E-state index contributed by atoms with van der Waals surface area (Å²) in [5.74, 6) is 0. The fraction of sp³-hybridized carbons (Fsp3) is 0.429. The van der Waals surface area contributed by atoms with Gasteiger partial charge < -0.3 is 14.2 Å². The van der Waals surface area contributed by atoms with Crippen molar-refractivity contribution in [1.82, 2.24) is 9.55 Å². The Balaban J connectivity index is 2.06. The van der Waals surface area contributed by atoms with Gasteiger partial charge in [0, 0.05) is 32.2 Å². The van der Waals surface area contributed by atoms with Crippen LogP contribution < -0.4 is 4.90 Å². The maximum absolute atomic E-state index is 13.4. The minimum atomic E-state index is -4.59. The normalized spacial score (nSPS) is 21.4. The van der Waals surface area contributed by atoms with Crippen molar-refractivity contribution >= 4 is 11.4 Å². The van der Waals surface area contributed by atoms with Crippen molar-refractivity contribution in [3.63, 3.8) is 0 Å². The van der Waals surface area contributed by atoms with Gasteiger partial charge in [0.15, 0.2) is 0 Å². The summed E-state index contributed by atoms with van der Waals surface area (Å²) in [5, 5.41) is 9.04. The minimum absolute atomic E-state index is 0.157. The molecule has 29 heavy (non-hydrogen) atoms. The van der Waals surface area contributed by atoms with Gasteiger partial charge in [-0.1, -0.05) is 13.8 Å². The topological polar surface area (TPSA) is 54.1 Å². The number of aromatic nitrogens is 2. The van der Waals surface area contributed by atoms with E-state index in [4.69, 9.17) is 10.00 Å². The van der Waals surface area contributed by atoms with Crippen LogP contribution in [0.15, 0.2) is 43.0 Å². The Labute approximate surface area is 168 Å². The zero-order valence-electron chi connectivity index (χ0n) is 16.7. The molecule has 1 aliphatic rings. The van der Waals surface area contributed by atoms with Gasteiger partial charge in [-0.3, -0.25) is 0 Å². The first-order valence-corrected chi connectivity index (χ1v) is 9.15. The van der Waals surface area contributed by atoms with Crippen LogP contribution in [-0.4, -0.2) is 35.9 Å². The van der Waals surface area contributed by atoms with Crippen LogP contribution in [0, 0.1) is 16.7 Å². The molecule has 0 N–H and O–H groups in total. The predicted molar refractivity (Wildman–Crippen MR) is 104 cm³/mol. The molecule has 0 fully saturated rings. The molecule has 0 amide bonds. The molecule has 1 aliphatic carbocycles. The fourth-order valence-electron chi connectivity index (χ4n) is 3.95. The van der Waals surface area contributed by atoms with E-state index in [1.807, 2.05) is 21.7 Å². The van der Waals surface area contributed by atoms with Crippen LogP contribution in [0.2, 0.25) is 0 Å². The molecule has 2 aromatic rings. The molecule has 1 aromatic heterocycles. The number of halogens is 3. The number of anilines is 1. The van der Waals surface area contributed by atoms with E-state index in [0.717, 1.165) is 11.8 Å². The number of nitriles is 1. The van der Waals surface area contributed by atoms with Crippen molar-refractivity contribution in [1.29, 1.82) is 5.26 Å². The van der Waals surface area contributed by atoms with Gasteiger partial charge in [0.05, 0.1) is 41.4 Å². The van der Waals surface area contributed by atoms with Crippen LogP contribution in [0.5, 0.6) is 0 Å². The summed E-state index contributed by atoms with van der Waals surface area (Å²) in [6.45, 7) is 4.13. The molecule has 154 valence electrons. The molecule has 3 rings (SSSR count). The van der Waals surface area contributed by atoms with Gasteiger partial charge in [-0.05, 0) is 36.1 Å². The Kier molecular flexibility index (Phi) is 5.46. The Bertz CT molecular complexity index is 942. The molecule has 8 heteroatoms. The lowest BCUT2D eigenvalue weighted by Crippen LogP contribution is -2.47. The lowest BCUT2D eigenvalue weighted by molar-refractivity contribution is -0.137. The molecule has 1 heterocycles. The molecule has 1 aromatic carbocycles. The summed E-state index contributed by atoms with van der Waals surface area (Å²) in [4.78, 5) is 5.90. The highest BCUT2D eigenvalue weighted by Crippen LogP contribution is 2.42. The maximum atomic E-state index is 13.4. The monoisotopic (exact) mass is 404 g/mol. The largest absolute Gasteiger partial charge is 0.417 e. The van der Waals surface area contributed by atoms with E-state index in [1.165, 1.54) is 6.07 Å². The van der Waals surface area contributed by atoms with Crippen molar-refractivity contribution in [3.8, 4) is 6.07 Å². The van der Waals surface area contributed by atoms with Crippen molar-refractivity contribution in [2.24, 2.45) is 5.41 Å². The van der Waals surface area contributed by atoms with Crippen molar-refractivity contribution in [3.05, 3.63) is 54.1 Å². The summed E-state index contributed by atoms with van der Waals surface area (Å²) in [6, 6.07) is 5.25. The summed E-state index contributed by atoms with van der Waals surface area (Å²) in [6.07, 6.45) is 3.12. The van der Waals surface area contributed by atoms with Crippen LogP contribution in [0.1, 0.15) is 31.4 Å². The molecule has 0 unspecified atom stereocenters. The lowest BCUT2D eigenvalue weighted by atomic mass is 9.73. The summed E-state index contributed by atoms with van der Waals surface area (Å²) in [7, 11) is 3.41. The molecule has 0 radical (unpaired) electrons. The SMILES string of the molecule is CO[C@H]1CC(C)(C)[C@@H](N(C)c2ccc(C#N)c(C(F)(F)F)c2)C=C1n1ccnc1. The van der Waals surface area contributed by atoms with Crippen LogP contribution in [-0.2, 0) is 10.9 Å². The number of hydrogen-bond donors (Lipinski definition) is 0. The van der Waals surface area contributed by atoms with Crippen LogP contribution in [0.25, 0.3) is 5.70 Å². The molecular weight excluding hydrogens is 381 g/mol. The summed E-state index contributed by atoms with van der Waals surface area (Å²) >= 11 is 0. The molecule has 0 spiro atoms. The van der Waals surface area contributed by atoms with Crippen LogP contribution in [0.3, 0.4) is 0 Å². The number of alkyl halides is 3. The van der Waals surface area contributed by atoms with E-state index in [9.17, 15) is 13.2 Å².